The van der Waals surface area contributed by atoms with E-state index in [0.29, 0.717) is 0 Å². The number of carbonyl (C=O) groups excluding carboxylic acids is 1. The lowest BCUT2D eigenvalue weighted by Gasteiger charge is -2.14. The molecule has 1 heterocycles. The molecule has 0 saturated carbocycles. The van der Waals surface area contributed by atoms with E-state index < -0.39 is 12.0 Å². The summed E-state index contributed by atoms with van der Waals surface area (Å²) in [5.41, 5.74) is -0.125. The Morgan fingerprint density at radius 2 is 2.19 bits per heavy atom. The van der Waals surface area contributed by atoms with E-state index in [9.17, 15) is 14.7 Å². The highest BCUT2D eigenvalue weighted by Gasteiger charge is 2.11. The van der Waals surface area contributed by atoms with Crippen LogP contribution in [0.25, 0.3) is 0 Å². The number of pyridine rings is 1. The van der Waals surface area contributed by atoms with Crippen LogP contribution in [0.15, 0.2) is 23.0 Å². The second-order valence-electron chi connectivity index (χ2n) is 3.95. The Morgan fingerprint density at radius 3 is 2.75 bits per heavy atom. The van der Waals surface area contributed by atoms with Crippen molar-refractivity contribution in [1.82, 2.24) is 10.3 Å². The van der Waals surface area contributed by atoms with E-state index in [-0.39, 0.29) is 23.7 Å². The van der Waals surface area contributed by atoms with Crippen molar-refractivity contribution in [2.45, 2.75) is 20.0 Å². The summed E-state index contributed by atoms with van der Waals surface area (Å²) in [7, 11) is 0. The first-order chi connectivity index (χ1) is 7.50. The lowest BCUT2D eigenvalue weighted by Crippen LogP contribution is -2.35. The van der Waals surface area contributed by atoms with E-state index in [2.05, 4.69) is 10.3 Å². The van der Waals surface area contributed by atoms with E-state index >= 15 is 0 Å². The third-order valence-corrected chi connectivity index (χ3v) is 2.25. The minimum absolute atomic E-state index is 0.0788. The molecule has 1 amide bonds. The van der Waals surface area contributed by atoms with Gasteiger partial charge in [0.2, 0.25) is 5.56 Å². The van der Waals surface area contributed by atoms with Crippen LogP contribution in [0.1, 0.15) is 24.3 Å². The van der Waals surface area contributed by atoms with E-state index in [1.165, 1.54) is 18.2 Å². The van der Waals surface area contributed by atoms with E-state index in [4.69, 9.17) is 0 Å². The van der Waals surface area contributed by atoms with Crippen molar-refractivity contribution in [3.05, 3.63) is 34.2 Å². The summed E-state index contributed by atoms with van der Waals surface area (Å²) in [6, 6.07) is 4.35. The van der Waals surface area contributed by atoms with Gasteiger partial charge in [-0.15, -0.1) is 0 Å². The molecule has 0 spiro atoms. The van der Waals surface area contributed by atoms with Gasteiger partial charge in [0.05, 0.1) is 6.10 Å². The van der Waals surface area contributed by atoms with Crippen LogP contribution in [-0.2, 0) is 0 Å². The zero-order chi connectivity index (χ0) is 12.1. The number of hydrogen-bond acceptors (Lipinski definition) is 3. The Bertz CT molecular complexity index is 412. The average Bonchev–Trinajstić information content (AvgIpc) is 2.25. The van der Waals surface area contributed by atoms with Gasteiger partial charge < -0.3 is 15.4 Å². The molecule has 1 aromatic rings. The second-order valence-corrected chi connectivity index (χ2v) is 3.95. The van der Waals surface area contributed by atoms with Crippen molar-refractivity contribution in [2.24, 2.45) is 5.92 Å². The molecule has 1 aromatic heterocycles. The zero-order valence-corrected chi connectivity index (χ0v) is 9.36. The molecule has 0 aliphatic heterocycles. The van der Waals surface area contributed by atoms with Crippen LogP contribution < -0.4 is 10.9 Å². The van der Waals surface area contributed by atoms with Crippen LogP contribution in [0.4, 0.5) is 0 Å². The monoisotopic (exact) mass is 224 g/mol. The van der Waals surface area contributed by atoms with Crippen molar-refractivity contribution in [3.63, 3.8) is 0 Å². The molecule has 16 heavy (non-hydrogen) atoms. The molecule has 0 aliphatic carbocycles. The van der Waals surface area contributed by atoms with E-state index in [0.717, 1.165) is 0 Å². The Morgan fingerprint density at radius 1 is 1.50 bits per heavy atom. The Balaban J connectivity index is 2.57. The molecule has 3 N–H and O–H groups in total. The van der Waals surface area contributed by atoms with Crippen molar-refractivity contribution >= 4 is 5.91 Å². The van der Waals surface area contributed by atoms with E-state index in [1.54, 1.807) is 0 Å². The lowest BCUT2D eigenvalue weighted by molar-refractivity contribution is 0.0867. The third-order valence-electron chi connectivity index (χ3n) is 2.25. The van der Waals surface area contributed by atoms with Crippen LogP contribution in [0, 0.1) is 5.92 Å². The highest BCUT2D eigenvalue weighted by molar-refractivity contribution is 5.92. The summed E-state index contributed by atoms with van der Waals surface area (Å²) in [5, 5.41) is 12.0. The molecule has 1 atom stereocenters. The lowest BCUT2D eigenvalue weighted by atomic mass is 10.1. The fraction of sp³-hybridized carbons (Fsp3) is 0.455. The average molecular weight is 224 g/mol. The number of aliphatic hydroxyl groups excluding tert-OH is 1. The van der Waals surface area contributed by atoms with Crippen molar-refractivity contribution in [2.75, 3.05) is 6.54 Å². The molecule has 1 unspecified atom stereocenters. The second kappa shape index (κ2) is 5.46. The summed E-state index contributed by atoms with van der Waals surface area (Å²) in [6.07, 6.45) is -0.584. The van der Waals surface area contributed by atoms with Gasteiger partial charge in [-0.2, -0.15) is 0 Å². The maximum absolute atomic E-state index is 11.5. The number of amides is 1. The van der Waals surface area contributed by atoms with Crippen molar-refractivity contribution < 1.29 is 9.90 Å². The van der Waals surface area contributed by atoms with Crippen LogP contribution in [0.5, 0.6) is 0 Å². The normalized spacial score (nSPS) is 12.5. The van der Waals surface area contributed by atoms with Crippen LogP contribution in [0.3, 0.4) is 0 Å². The van der Waals surface area contributed by atoms with Crippen LogP contribution >= 0.6 is 0 Å². The number of rotatable bonds is 4. The fourth-order valence-corrected chi connectivity index (χ4v) is 1.11. The minimum atomic E-state index is -0.584. The molecule has 0 radical (unpaired) electrons. The van der Waals surface area contributed by atoms with Crippen LogP contribution in [-0.4, -0.2) is 28.6 Å². The van der Waals surface area contributed by atoms with Gasteiger partial charge in [0.1, 0.15) is 5.69 Å². The van der Waals surface area contributed by atoms with Crippen molar-refractivity contribution in [1.29, 1.82) is 0 Å². The summed E-state index contributed by atoms with van der Waals surface area (Å²) in [5.74, 6) is -0.312. The van der Waals surface area contributed by atoms with Gasteiger partial charge in [-0.1, -0.05) is 19.9 Å². The third kappa shape index (κ3) is 3.51. The number of carbonyl (C=O) groups is 1. The molecular formula is C11H16N2O3. The predicted octanol–water partition coefficient (Wildman–Crippen LogP) is 0.122. The number of nitrogens with one attached hydrogen (secondary N) is 2. The van der Waals surface area contributed by atoms with Gasteiger partial charge in [-0.05, 0) is 12.0 Å². The van der Waals surface area contributed by atoms with Crippen molar-refractivity contribution in [3.8, 4) is 0 Å². The molecule has 5 heteroatoms. The first kappa shape index (κ1) is 12.4. The molecule has 0 aromatic carbocycles. The van der Waals surface area contributed by atoms with Gasteiger partial charge in [-0.25, -0.2) is 0 Å². The van der Waals surface area contributed by atoms with Gasteiger partial charge in [-0.3, -0.25) is 9.59 Å². The Kier molecular flexibility index (Phi) is 4.25. The summed E-state index contributed by atoms with van der Waals surface area (Å²) in [6.45, 7) is 3.90. The molecule has 88 valence electrons. The first-order valence-corrected chi connectivity index (χ1v) is 5.16. The molecule has 1 rings (SSSR count). The van der Waals surface area contributed by atoms with Gasteiger partial charge in [0, 0.05) is 12.6 Å². The fourth-order valence-electron chi connectivity index (χ4n) is 1.11. The van der Waals surface area contributed by atoms with Crippen LogP contribution in [0.2, 0.25) is 0 Å². The highest BCUT2D eigenvalue weighted by atomic mass is 16.3. The molecule has 5 nitrogen and oxygen atoms in total. The Labute approximate surface area is 93.5 Å². The molecule has 0 fully saturated rings. The SMILES string of the molecule is CC(C)C(O)CNC(=O)c1cccc(=O)[nH]1. The summed E-state index contributed by atoms with van der Waals surface area (Å²) >= 11 is 0. The van der Waals surface area contributed by atoms with Gasteiger partial charge in [0.15, 0.2) is 0 Å². The number of aliphatic hydroxyl groups is 1. The molecule has 0 bridgehead atoms. The summed E-state index contributed by atoms with van der Waals surface area (Å²) in [4.78, 5) is 24.9. The predicted molar refractivity (Wildman–Crippen MR) is 60.2 cm³/mol. The maximum atomic E-state index is 11.5. The minimum Gasteiger partial charge on any atom is -0.391 e. The topological polar surface area (TPSA) is 82.2 Å². The van der Waals surface area contributed by atoms with Gasteiger partial charge in [0.25, 0.3) is 5.91 Å². The molecular weight excluding hydrogens is 208 g/mol. The number of aromatic nitrogens is 1. The largest absolute Gasteiger partial charge is 0.391 e. The molecule has 0 saturated heterocycles. The Hall–Kier alpha value is -1.62. The number of H-pyrrole nitrogens is 1. The van der Waals surface area contributed by atoms with E-state index in [1.807, 2.05) is 13.8 Å². The number of hydrogen-bond donors (Lipinski definition) is 3. The van der Waals surface area contributed by atoms with Gasteiger partial charge >= 0.3 is 0 Å². The first-order valence-electron chi connectivity index (χ1n) is 5.16. The maximum Gasteiger partial charge on any atom is 0.267 e. The standard InChI is InChI=1S/C11H16N2O3/c1-7(2)9(14)6-12-11(16)8-4-3-5-10(15)13-8/h3-5,7,9,14H,6H2,1-2H3,(H,12,16)(H,13,15). The quantitative estimate of drug-likeness (QED) is 0.679. The smallest absolute Gasteiger partial charge is 0.267 e. The highest BCUT2D eigenvalue weighted by Crippen LogP contribution is 1.99. The number of aromatic amines is 1. The summed E-state index contributed by atoms with van der Waals surface area (Å²) < 4.78 is 0. The molecule has 0 aliphatic rings. The zero-order valence-electron chi connectivity index (χ0n) is 9.36.